The van der Waals surface area contributed by atoms with E-state index in [1.807, 2.05) is 25.1 Å². The molecule has 1 fully saturated rings. The van der Waals surface area contributed by atoms with Gasteiger partial charge in [0.1, 0.15) is 24.2 Å². The van der Waals surface area contributed by atoms with Gasteiger partial charge in [-0.25, -0.2) is 14.3 Å². The molecule has 10 heteroatoms. The molecule has 0 radical (unpaired) electrons. The SMILES string of the molecule is C[C@@H]1CN(C(=O)O)CCN1c1ccc(-c2cc(OCC(C)(C)O)cn3ncc(C#N)c23)cn1. The highest BCUT2D eigenvalue weighted by atomic mass is 16.5. The quantitative estimate of drug-likeness (QED) is 0.607. The number of ether oxygens (including phenoxy) is 1. The Kier molecular flexibility index (Phi) is 5.82. The second-order valence-electron chi connectivity index (χ2n) is 8.83. The Bertz CT molecular complexity index is 1210. The van der Waals surface area contributed by atoms with Crippen LogP contribution in [0.15, 0.2) is 36.8 Å². The summed E-state index contributed by atoms with van der Waals surface area (Å²) in [6.07, 6.45) is 4.00. The standard InChI is InChI=1S/C23H26N6O4/c1-15-12-27(22(30)31)6-7-28(15)20-5-4-16(10-25-20)19-8-18(33-14-23(2,3)32)13-29-21(19)17(9-24)11-26-29/h4-5,8,10-11,13,15,32H,6-7,12,14H2,1-3H3,(H,30,31)/t15-/m1/s1. The zero-order valence-corrected chi connectivity index (χ0v) is 18.8. The molecule has 0 unspecified atom stereocenters. The first-order chi connectivity index (χ1) is 15.7. The molecular weight excluding hydrogens is 424 g/mol. The van der Waals surface area contributed by atoms with Crippen LogP contribution < -0.4 is 9.64 Å². The maximum absolute atomic E-state index is 11.2. The third-order valence-electron chi connectivity index (χ3n) is 5.55. The van der Waals surface area contributed by atoms with Crippen molar-refractivity contribution in [2.45, 2.75) is 32.4 Å². The predicted molar refractivity (Wildman–Crippen MR) is 121 cm³/mol. The van der Waals surface area contributed by atoms with Crippen LogP contribution in [-0.2, 0) is 0 Å². The van der Waals surface area contributed by atoms with Crippen molar-refractivity contribution in [2.75, 3.05) is 31.1 Å². The summed E-state index contributed by atoms with van der Waals surface area (Å²) in [5.41, 5.74) is 1.60. The maximum Gasteiger partial charge on any atom is 0.407 e. The van der Waals surface area contributed by atoms with Crippen molar-refractivity contribution < 1.29 is 19.7 Å². The zero-order chi connectivity index (χ0) is 23.8. The van der Waals surface area contributed by atoms with Gasteiger partial charge in [-0.3, -0.25) is 0 Å². The maximum atomic E-state index is 11.2. The van der Waals surface area contributed by atoms with Crippen LogP contribution >= 0.6 is 0 Å². The summed E-state index contributed by atoms with van der Waals surface area (Å²) in [6, 6.07) is 7.80. The molecule has 1 aliphatic rings. The number of carboxylic acid groups (broad SMARTS) is 1. The Morgan fingerprint density at radius 3 is 2.73 bits per heavy atom. The molecule has 1 amide bonds. The molecule has 2 N–H and O–H groups in total. The Hall–Kier alpha value is -3.84. The van der Waals surface area contributed by atoms with Gasteiger partial charge in [0, 0.05) is 43.0 Å². The van der Waals surface area contributed by atoms with Crippen LogP contribution in [0, 0.1) is 11.3 Å². The number of anilines is 1. The number of hydrogen-bond donors (Lipinski definition) is 2. The molecule has 172 valence electrons. The lowest BCUT2D eigenvalue weighted by molar-refractivity contribution is 0.0283. The van der Waals surface area contributed by atoms with E-state index in [1.165, 1.54) is 11.1 Å². The molecular formula is C23H26N6O4. The van der Waals surface area contributed by atoms with Crippen molar-refractivity contribution in [2.24, 2.45) is 0 Å². The minimum atomic E-state index is -0.998. The van der Waals surface area contributed by atoms with Crippen LogP contribution in [0.1, 0.15) is 26.3 Å². The fourth-order valence-corrected chi connectivity index (χ4v) is 3.92. The summed E-state index contributed by atoms with van der Waals surface area (Å²) in [5, 5.41) is 33.0. The highest BCUT2D eigenvalue weighted by Crippen LogP contribution is 2.32. The Morgan fingerprint density at radius 1 is 1.33 bits per heavy atom. The summed E-state index contributed by atoms with van der Waals surface area (Å²) in [5.74, 6) is 1.27. The molecule has 1 atom stereocenters. The van der Waals surface area contributed by atoms with Gasteiger partial charge in [-0.05, 0) is 39.0 Å². The highest BCUT2D eigenvalue weighted by molar-refractivity contribution is 5.85. The average Bonchev–Trinajstić information content (AvgIpc) is 3.20. The number of aliphatic hydroxyl groups is 1. The smallest absolute Gasteiger partial charge is 0.407 e. The number of nitriles is 1. The van der Waals surface area contributed by atoms with Crippen LogP contribution in [0.5, 0.6) is 5.75 Å². The lowest BCUT2D eigenvalue weighted by atomic mass is 10.0. The molecule has 4 heterocycles. The minimum absolute atomic E-state index is 0.00140. The molecule has 0 bridgehead atoms. The fourth-order valence-electron chi connectivity index (χ4n) is 3.92. The lowest BCUT2D eigenvalue weighted by Gasteiger charge is -2.39. The van der Waals surface area contributed by atoms with E-state index in [0.717, 1.165) is 16.9 Å². The molecule has 0 spiro atoms. The van der Waals surface area contributed by atoms with Crippen molar-refractivity contribution >= 4 is 17.4 Å². The monoisotopic (exact) mass is 450 g/mol. The first kappa shape index (κ1) is 22.4. The van der Waals surface area contributed by atoms with Crippen molar-refractivity contribution in [1.29, 1.82) is 5.26 Å². The first-order valence-corrected chi connectivity index (χ1v) is 10.6. The number of rotatable bonds is 5. The topological polar surface area (TPSA) is 127 Å². The Balaban J connectivity index is 1.66. The summed E-state index contributed by atoms with van der Waals surface area (Å²) in [7, 11) is 0. The van der Waals surface area contributed by atoms with E-state index in [2.05, 4.69) is 21.1 Å². The van der Waals surface area contributed by atoms with Crippen LogP contribution in [0.2, 0.25) is 0 Å². The van der Waals surface area contributed by atoms with Gasteiger partial charge in [-0.1, -0.05) is 0 Å². The van der Waals surface area contributed by atoms with Gasteiger partial charge in [0.05, 0.1) is 29.1 Å². The summed E-state index contributed by atoms with van der Waals surface area (Å²) in [6.45, 7) is 6.80. The molecule has 1 aliphatic heterocycles. The van der Waals surface area contributed by atoms with E-state index in [-0.39, 0.29) is 12.6 Å². The van der Waals surface area contributed by atoms with Crippen LogP contribution in [-0.4, -0.2) is 73.7 Å². The van der Waals surface area contributed by atoms with Crippen LogP contribution in [0.25, 0.3) is 16.6 Å². The van der Waals surface area contributed by atoms with Gasteiger partial charge in [-0.2, -0.15) is 10.4 Å². The third-order valence-corrected chi connectivity index (χ3v) is 5.55. The third kappa shape index (κ3) is 4.68. The summed E-state index contributed by atoms with van der Waals surface area (Å²) in [4.78, 5) is 19.4. The summed E-state index contributed by atoms with van der Waals surface area (Å²) < 4.78 is 7.36. The van der Waals surface area contributed by atoms with E-state index in [9.17, 15) is 20.3 Å². The van der Waals surface area contributed by atoms with E-state index in [4.69, 9.17) is 4.74 Å². The number of piperazine rings is 1. The second-order valence-corrected chi connectivity index (χ2v) is 8.83. The number of carbonyl (C=O) groups is 1. The van der Waals surface area contributed by atoms with Gasteiger partial charge in [0.25, 0.3) is 0 Å². The molecule has 4 rings (SSSR count). The Labute approximate surface area is 191 Å². The predicted octanol–water partition coefficient (Wildman–Crippen LogP) is 2.61. The zero-order valence-electron chi connectivity index (χ0n) is 18.8. The number of fused-ring (bicyclic) bond motifs is 1. The molecule has 0 aliphatic carbocycles. The Morgan fingerprint density at radius 2 is 2.12 bits per heavy atom. The average molecular weight is 450 g/mol. The largest absolute Gasteiger partial charge is 0.489 e. The van der Waals surface area contributed by atoms with Gasteiger partial charge in [0.15, 0.2) is 0 Å². The number of aromatic nitrogens is 3. The van der Waals surface area contributed by atoms with E-state index < -0.39 is 11.7 Å². The van der Waals surface area contributed by atoms with Crippen LogP contribution in [0.3, 0.4) is 0 Å². The second kappa shape index (κ2) is 8.60. The molecule has 10 nitrogen and oxygen atoms in total. The number of hydrogen-bond acceptors (Lipinski definition) is 7. The van der Waals surface area contributed by atoms with E-state index >= 15 is 0 Å². The van der Waals surface area contributed by atoms with Gasteiger partial charge >= 0.3 is 6.09 Å². The number of pyridine rings is 2. The summed E-state index contributed by atoms with van der Waals surface area (Å²) >= 11 is 0. The van der Waals surface area contributed by atoms with E-state index in [0.29, 0.717) is 36.5 Å². The first-order valence-electron chi connectivity index (χ1n) is 10.6. The fraction of sp³-hybridized carbons (Fsp3) is 0.391. The lowest BCUT2D eigenvalue weighted by Crippen LogP contribution is -2.53. The van der Waals surface area contributed by atoms with Crippen molar-refractivity contribution in [3.8, 4) is 22.9 Å². The molecule has 33 heavy (non-hydrogen) atoms. The van der Waals surface area contributed by atoms with Crippen molar-refractivity contribution in [1.82, 2.24) is 19.5 Å². The molecule has 3 aromatic rings. The van der Waals surface area contributed by atoms with Gasteiger partial charge in [0.2, 0.25) is 0 Å². The van der Waals surface area contributed by atoms with Crippen molar-refractivity contribution in [3.05, 3.63) is 42.4 Å². The van der Waals surface area contributed by atoms with Gasteiger partial charge in [-0.15, -0.1) is 0 Å². The van der Waals surface area contributed by atoms with Gasteiger partial charge < -0.3 is 24.7 Å². The van der Waals surface area contributed by atoms with Crippen LogP contribution in [0.4, 0.5) is 10.6 Å². The molecule has 0 aromatic carbocycles. The van der Waals surface area contributed by atoms with Crippen molar-refractivity contribution in [3.63, 3.8) is 0 Å². The minimum Gasteiger partial charge on any atom is -0.489 e. The molecule has 3 aromatic heterocycles. The highest BCUT2D eigenvalue weighted by Gasteiger charge is 2.27. The number of amides is 1. The number of nitrogens with zero attached hydrogens (tertiary/aromatic N) is 6. The molecule has 0 saturated carbocycles. The molecule has 1 saturated heterocycles. The normalized spacial score (nSPS) is 16.6. The van der Waals surface area contributed by atoms with E-state index in [1.54, 1.807) is 30.8 Å².